The molecule has 20 heteroatoms. The minimum absolute atomic E-state index is 0.125. The van der Waals surface area contributed by atoms with Crippen LogP contribution in [0.5, 0.6) is 0 Å². The molecule has 8 aromatic rings. The molecule has 0 aliphatic carbocycles. The van der Waals surface area contributed by atoms with E-state index in [9.17, 15) is 0 Å². The molecule has 4 saturated heterocycles. The highest BCUT2D eigenvalue weighted by Gasteiger charge is 2.45. The first-order valence-corrected chi connectivity index (χ1v) is 35.4. The molecule has 10 heterocycles. The van der Waals surface area contributed by atoms with Gasteiger partial charge in [0.25, 0.3) is 0 Å². The van der Waals surface area contributed by atoms with Gasteiger partial charge in [0.2, 0.25) is 6.04 Å². The summed E-state index contributed by atoms with van der Waals surface area (Å²) >= 11 is 13.9. The number of aromatic nitrogens is 10. The third kappa shape index (κ3) is 10.5. The molecule has 0 saturated carbocycles. The molecule has 0 amide bonds. The van der Waals surface area contributed by atoms with Gasteiger partial charge in [-0.2, -0.15) is 10.2 Å². The lowest BCUT2D eigenvalue weighted by molar-refractivity contribution is 0.0898. The Morgan fingerprint density at radius 1 is 0.618 bits per heavy atom. The lowest BCUT2D eigenvalue weighted by Crippen LogP contribution is -2.45. The molecule has 2 N–H and O–H groups in total. The first-order valence-electron chi connectivity index (χ1n) is 27.2. The summed E-state index contributed by atoms with van der Waals surface area (Å²) in [5.41, 5.74) is 14.9. The molecule has 6 atom stereocenters. The Balaban J connectivity index is 0.000000162. The quantitative estimate of drug-likeness (QED) is 0.0593. The highest BCUT2D eigenvalue weighted by molar-refractivity contribution is 6.76. The van der Waals surface area contributed by atoms with Crippen LogP contribution in [-0.2, 0) is 37.0 Å². The number of anilines is 2. The SMILES string of the molecule is Cn1cc2c(Cl)c(-c3cn(COCC[Si](C)(C)C)c4nc(N5[C@@H]6CC[C@H]5CC(CN)C6)cnc34)ccc2n1.[C-]#[N+]C1C[C@H]2CC[C@@H](C1)N2c1cnc2c(-c3ccc4nn(C)cc4c3Cl)cn(COCC[Si](C)(C)C)c2n1. The number of aryl methyl sites for hydroxylation is 2. The van der Waals surface area contributed by atoms with Crippen molar-refractivity contribution < 1.29 is 9.47 Å². The van der Waals surface area contributed by atoms with Crippen LogP contribution in [0.3, 0.4) is 0 Å². The highest BCUT2D eigenvalue weighted by atomic mass is 35.5. The van der Waals surface area contributed by atoms with E-state index in [1.54, 1.807) is 9.36 Å². The maximum Gasteiger partial charge on any atom is 0.227 e. The number of benzene rings is 2. The maximum atomic E-state index is 7.53. The third-order valence-corrected chi connectivity index (χ3v) is 20.4. The van der Waals surface area contributed by atoms with Crippen molar-refractivity contribution in [2.75, 3.05) is 29.6 Å². The molecule has 2 unspecified atom stereocenters. The Bertz CT molecular complexity index is 3450. The van der Waals surface area contributed by atoms with Crippen molar-refractivity contribution in [3.05, 3.63) is 82.9 Å². The summed E-state index contributed by atoms with van der Waals surface area (Å²) in [6.07, 6.45) is 20.7. The lowest BCUT2D eigenvalue weighted by atomic mass is 9.91. The Kier molecular flexibility index (Phi) is 14.6. The highest BCUT2D eigenvalue weighted by Crippen LogP contribution is 2.44. The van der Waals surface area contributed by atoms with Crippen LogP contribution in [0.15, 0.2) is 61.4 Å². The molecular formula is C56H72Cl2N14O2Si2. The van der Waals surface area contributed by atoms with Gasteiger partial charge >= 0.3 is 0 Å². The van der Waals surface area contributed by atoms with Gasteiger partial charge in [0, 0.05) is 138 Å². The summed E-state index contributed by atoms with van der Waals surface area (Å²) < 4.78 is 20.1. The fourth-order valence-corrected chi connectivity index (χ4v) is 14.4. The number of halogens is 2. The zero-order valence-corrected chi connectivity index (χ0v) is 48.8. The van der Waals surface area contributed by atoms with Crippen molar-refractivity contribution in [2.45, 2.75) is 146 Å². The fraction of sp³-hybridized carbons (Fsp3) is 0.518. The van der Waals surface area contributed by atoms with Crippen LogP contribution in [0.2, 0.25) is 61.4 Å². The van der Waals surface area contributed by atoms with Gasteiger partial charge in [-0.05, 0) is 75.2 Å². The molecule has 16 nitrogen and oxygen atoms in total. The molecule has 6 aromatic heterocycles. The molecule has 4 bridgehead atoms. The predicted octanol–water partition coefficient (Wildman–Crippen LogP) is 12.0. The van der Waals surface area contributed by atoms with Crippen LogP contribution in [-0.4, -0.2) is 115 Å². The number of fused-ring (bicyclic) bond motifs is 8. The van der Waals surface area contributed by atoms with E-state index >= 15 is 0 Å². The van der Waals surface area contributed by atoms with Gasteiger partial charge in [0.15, 0.2) is 11.3 Å². The van der Waals surface area contributed by atoms with Crippen LogP contribution >= 0.6 is 23.2 Å². The van der Waals surface area contributed by atoms with Crippen LogP contribution in [0, 0.1) is 12.5 Å². The zero-order valence-electron chi connectivity index (χ0n) is 45.3. The number of piperidine rings is 2. The Labute approximate surface area is 457 Å². The van der Waals surface area contributed by atoms with E-state index in [1.165, 1.54) is 12.8 Å². The van der Waals surface area contributed by atoms with Crippen LogP contribution < -0.4 is 15.5 Å². The molecule has 12 rings (SSSR count). The van der Waals surface area contributed by atoms with Crippen molar-refractivity contribution >= 4 is 95.1 Å². The number of nitrogens with zero attached hydrogens (tertiary/aromatic N) is 13. The molecule has 2 aromatic carbocycles. The first-order chi connectivity index (χ1) is 36.4. The minimum Gasteiger partial charge on any atom is -0.361 e. The van der Waals surface area contributed by atoms with Gasteiger partial charge in [-0.25, -0.2) is 26.5 Å². The van der Waals surface area contributed by atoms with Crippen molar-refractivity contribution in [2.24, 2.45) is 25.7 Å². The molecule has 400 valence electrons. The summed E-state index contributed by atoms with van der Waals surface area (Å²) in [4.78, 5) is 29.2. The number of rotatable bonds is 15. The first kappa shape index (κ1) is 52.6. The van der Waals surface area contributed by atoms with Crippen LogP contribution in [0.1, 0.15) is 51.4 Å². The normalized spacial score (nSPS) is 21.6. The molecule has 4 aliphatic heterocycles. The van der Waals surface area contributed by atoms with Crippen LogP contribution in [0.25, 0.3) is 71.2 Å². The van der Waals surface area contributed by atoms with E-state index in [-0.39, 0.29) is 6.04 Å². The second kappa shape index (κ2) is 21.1. The second-order valence-corrected chi connectivity index (χ2v) is 36.3. The van der Waals surface area contributed by atoms with E-state index in [0.29, 0.717) is 53.6 Å². The van der Waals surface area contributed by atoms with Crippen molar-refractivity contribution in [1.82, 2.24) is 48.6 Å². The molecule has 0 radical (unpaired) electrons. The monoisotopic (exact) mass is 1100 g/mol. The third-order valence-electron chi connectivity index (χ3n) is 16.2. The molecule has 4 aliphatic rings. The summed E-state index contributed by atoms with van der Waals surface area (Å²) in [5.74, 6) is 2.47. The summed E-state index contributed by atoms with van der Waals surface area (Å²) in [7, 11) is 1.44. The fourth-order valence-electron chi connectivity index (χ4n) is 12.3. The van der Waals surface area contributed by atoms with Gasteiger partial charge in [-0.1, -0.05) is 74.6 Å². The lowest BCUT2D eigenvalue weighted by Gasteiger charge is -2.39. The largest absolute Gasteiger partial charge is 0.361 e. The topological polar surface area (TPSA) is 152 Å². The van der Waals surface area contributed by atoms with Gasteiger partial charge < -0.3 is 39.0 Å². The Hall–Kier alpha value is -5.40. The van der Waals surface area contributed by atoms with E-state index in [1.807, 2.05) is 63.1 Å². The molecular weight excluding hydrogens is 1030 g/mol. The van der Waals surface area contributed by atoms with Crippen molar-refractivity contribution in [3.8, 4) is 22.3 Å². The standard InChI is InChI=1S/C28H34ClN7OSi.C28H38ClN7OSi/c1-30-18-12-19-6-7-20(13-18)36(19)25-14-31-27-22(21-8-9-24-23(26(21)29)15-34(2)33-24)16-35(28(27)32-25)17-37-10-11-38(3,4)5;1-34-15-23-24(33-34)8-7-21(26(23)29)22-16-35(17-37-9-10-38(2,3)4)28-27(22)31-14-25(32-28)36-19-5-6-20(36)12-18(11-19)13-30/h8-9,14-16,18-20H,6-7,10-13,17H2,2-5H3;7-8,14-16,18-20H,5-6,9-13,17,30H2,1-4H3/t2*18?,19-,20+. The van der Waals surface area contributed by atoms with E-state index < -0.39 is 16.1 Å². The molecule has 76 heavy (non-hydrogen) atoms. The Morgan fingerprint density at radius 3 is 1.43 bits per heavy atom. The van der Waals surface area contributed by atoms with Gasteiger partial charge in [-0.3, -0.25) is 9.36 Å². The van der Waals surface area contributed by atoms with Crippen molar-refractivity contribution in [1.29, 1.82) is 0 Å². The van der Waals surface area contributed by atoms with E-state index in [0.717, 1.165) is 148 Å². The van der Waals surface area contributed by atoms with Gasteiger partial charge in [-0.15, -0.1) is 0 Å². The number of nitrogens with two attached hydrogens (primary N) is 1. The van der Waals surface area contributed by atoms with Gasteiger partial charge in [0.1, 0.15) is 36.1 Å². The summed E-state index contributed by atoms with van der Waals surface area (Å²) in [5, 5.41) is 12.2. The molecule has 0 spiro atoms. The smallest absolute Gasteiger partial charge is 0.227 e. The van der Waals surface area contributed by atoms with Crippen LogP contribution in [0.4, 0.5) is 11.6 Å². The number of ether oxygens (including phenoxy) is 2. The average Bonchev–Trinajstić information content (AvgIpc) is 4.29. The molecule has 4 fully saturated rings. The number of hydrogen-bond donors (Lipinski definition) is 1. The number of hydrogen-bond acceptors (Lipinski definition) is 11. The summed E-state index contributed by atoms with van der Waals surface area (Å²) in [6, 6.07) is 12.1. The van der Waals surface area contributed by atoms with E-state index in [4.69, 9.17) is 64.9 Å². The van der Waals surface area contributed by atoms with Crippen molar-refractivity contribution in [3.63, 3.8) is 0 Å². The van der Waals surface area contributed by atoms with E-state index in [2.05, 4.69) is 85.7 Å². The maximum absolute atomic E-state index is 7.53. The van der Waals surface area contributed by atoms with Gasteiger partial charge in [0.05, 0.1) is 33.5 Å². The summed E-state index contributed by atoms with van der Waals surface area (Å²) in [6.45, 7) is 24.8. The second-order valence-electron chi connectivity index (χ2n) is 24.3. The Morgan fingerprint density at radius 2 is 1.04 bits per heavy atom. The average molecular weight is 1100 g/mol. The zero-order chi connectivity index (χ0) is 53.2. The predicted molar refractivity (Wildman–Crippen MR) is 313 cm³/mol. The minimum atomic E-state index is -1.19.